The second-order valence-electron chi connectivity index (χ2n) is 4.14. The molecule has 0 aliphatic carbocycles. The number of epoxide rings is 1. The molecule has 0 spiro atoms. The molecule has 0 saturated carbocycles. The Hall–Kier alpha value is -0.243. The van der Waals surface area contributed by atoms with Gasteiger partial charge in [-0.05, 0) is 12.8 Å². The normalized spacial score (nSPS) is 19.6. The SMILES string of the molecule is CO[Si](CC=CCCCOCC1CO1)(OC)OC. The monoisotopic (exact) mass is 276 g/mol. The average Bonchev–Trinajstić information content (AvgIpc) is 3.22. The van der Waals surface area contributed by atoms with E-state index in [2.05, 4.69) is 12.2 Å². The Kier molecular flexibility index (Phi) is 7.72. The first-order valence-corrected chi connectivity index (χ1v) is 8.19. The van der Waals surface area contributed by atoms with E-state index in [1.165, 1.54) is 0 Å². The summed E-state index contributed by atoms with van der Waals surface area (Å²) in [4.78, 5) is 0. The topological polar surface area (TPSA) is 49.5 Å². The van der Waals surface area contributed by atoms with Crippen LogP contribution in [0, 0.1) is 0 Å². The Morgan fingerprint density at radius 2 is 1.83 bits per heavy atom. The molecule has 5 nitrogen and oxygen atoms in total. The van der Waals surface area contributed by atoms with Gasteiger partial charge in [-0.2, -0.15) is 0 Å². The lowest BCUT2D eigenvalue weighted by Crippen LogP contribution is -2.42. The molecule has 0 amide bonds. The molecule has 1 aliphatic rings. The second-order valence-corrected chi connectivity index (χ2v) is 7.14. The molecule has 6 heteroatoms. The van der Waals surface area contributed by atoms with Crippen molar-refractivity contribution in [2.24, 2.45) is 0 Å². The Bertz CT molecular complexity index is 230. The fraction of sp³-hybridized carbons (Fsp3) is 0.833. The molecule has 0 aromatic carbocycles. The minimum absolute atomic E-state index is 0.359. The molecule has 1 atom stereocenters. The summed E-state index contributed by atoms with van der Waals surface area (Å²) in [6, 6.07) is 0.702. The molecule has 106 valence electrons. The van der Waals surface area contributed by atoms with Gasteiger partial charge in [-0.15, -0.1) is 0 Å². The van der Waals surface area contributed by atoms with Gasteiger partial charge in [0, 0.05) is 34.0 Å². The van der Waals surface area contributed by atoms with Crippen LogP contribution < -0.4 is 0 Å². The summed E-state index contributed by atoms with van der Waals surface area (Å²) in [5, 5.41) is 0. The fourth-order valence-corrected chi connectivity index (χ4v) is 2.98. The predicted octanol–water partition coefficient (Wildman–Crippen LogP) is 1.62. The van der Waals surface area contributed by atoms with Crippen LogP contribution in [0.1, 0.15) is 12.8 Å². The molecule has 0 radical (unpaired) electrons. The van der Waals surface area contributed by atoms with Crippen LogP contribution in [0.15, 0.2) is 12.2 Å². The van der Waals surface area contributed by atoms with E-state index in [9.17, 15) is 0 Å². The molecule has 1 aliphatic heterocycles. The maximum Gasteiger partial charge on any atom is 0.504 e. The van der Waals surface area contributed by atoms with Crippen LogP contribution in [0.4, 0.5) is 0 Å². The van der Waals surface area contributed by atoms with E-state index in [1.54, 1.807) is 21.3 Å². The van der Waals surface area contributed by atoms with Crippen molar-refractivity contribution in [3.63, 3.8) is 0 Å². The van der Waals surface area contributed by atoms with Crippen molar-refractivity contribution in [1.29, 1.82) is 0 Å². The molecular formula is C12H24O5Si. The molecule has 0 N–H and O–H groups in total. The summed E-state index contributed by atoms with van der Waals surface area (Å²) in [5.41, 5.74) is 0. The first-order chi connectivity index (χ1) is 8.76. The molecule has 1 rings (SSSR count). The van der Waals surface area contributed by atoms with Gasteiger partial charge in [0.2, 0.25) is 0 Å². The molecular weight excluding hydrogens is 252 g/mol. The van der Waals surface area contributed by atoms with Crippen LogP contribution in [0.2, 0.25) is 6.04 Å². The molecule has 0 aromatic rings. The molecule has 0 aromatic heterocycles. The highest BCUT2D eigenvalue weighted by Gasteiger charge is 2.35. The molecule has 18 heavy (non-hydrogen) atoms. The number of allylic oxidation sites excluding steroid dienone is 2. The van der Waals surface area contributed by atoms with E-state index in [-0.39, 0.29) is 0 Å². The van der Waals surface area contributed by atoms with Gasteiger partial charge in [0.15, 0.2) is 0 Å². The van der Waals surface area contributed by atoms with Gasteiger partial charge < -0.3 is 22.8 Å². The third kappa shape index (κ3) is 6.08. The molecule has 1 heterocycles. The van der Waals surface area contributed by atoms with Gasteiger partial charge >= 0.3 is 8.80 Å². The van der Waals surface area contributed by atoms with Crippen molar-refractivity contribution < 1.29 is 22.8 Å². The summed E-state index contributed by atoms with van der Waals surface area (Å²) < 4.78 is 26.5. The Labute approximate surface area is 110 Å². The number of hydrogen-bond donors (Lipinski definition) is 0. The summed E-state index contributed by atoms with van der Waals surface area (Å²) in [6.45, 7) is 2.38. The summed E-state index contributed by atoms with van der Waals surface area (Å²) in [6.07, 6.45) is 6.55. The minimum Gasteiger partial charge on any atom is -0.379 e. The number of hydrogen-bond acceptors (Lipinski definition) is 5. The van der Waals surface area contributed by atoms with E-state index in [4.69, 9.17) is 22.8 Å². The summed E-state index contributed by atoms with van der Waals surface area (Å²) >= 11 is 0. The Morgan fingerprint density at radius 1 is 1.17 bits per heavy atom. The van der Waals surface area contributed by atoms with E-state index < -0.39 is 8.80 Å². The minimum atomic E-state index is -2.43. The smallest absolute Gasteiger partial charge is 0.379 e. The van der Waals surface area contributed by atoms with Gasteiger partial charge in [-0.25, -0.2) is 0 Å². The quantitative estimate of drug-likeness (QED) is 0.248. The molecule has 1 fully saturated rings. The van der Waals surface area contributed by atoms with Gasteiger partial charge in [0.25, 0.3) is 0 Å². The Morgan fingerprint density at radius 3 is 2.39 bits per heavy atom. The maximum atomic E-state index is 5.44. The Balaban J connectivity index is 2.00. The van der Waals surface area contributed by atoms with Gasteiger partial charge in [-0.1, -0.05) is 12.2 Å². The van der Waals surface area contributed by atoms with Crippen molar-refractivity contribution in [2.45, 2.75) is 25.0 Å². The number of ether oxygens (including phenoxy) is 2. The lowest BCUT2D eigenvalue weighted by molar-refractivity contribution is 0.115. The fourth-order valence-electron chi connectivity index (χ4n) is 1.53. The van der Waals surface area contributed by atoms with Crippen molar-refractivity contribution in [3.8, 4) is 0 Å². The third-order valence-electron chi connectivity index (χ3n) is 2.83. The summed E-state index contributed by atoms with van der Waals surface area (Å²) in [5.74, 6) is 0. The molecule has 1 unspecified atom stereocenters. The van der Waals surface area contributed by atoms with Crippen LogP contribution in [0.3, 0.4) is 0 Å². The van der Waals surface area contributed by atoms with E-state index in [0.717, 1.165) is 32.7 Å². The van der Waals surface area contributed by atoms with Crippen molar-refractivity contribution >= 4 is 8.80 Å². The highest BCUT2D eigenvalue weighted by atomic mass is 28.4. The lowest BCUT2D eigenvalue weighted by Gasteiger charge is -2.22. The molecule has 0 bridgehead atoms. The predicted molar refractivity (Wildman–Crippen MR) is 70.5 cm³/mol. The number of rotatable bonds is 11. The number of unbranched alkanes of at least 4 members (excludes halogenated alkanes) is 1. The second kappa shape index (κ2) is 8.79. The lowest BCUT2D eigenvalue weighted by atomic mass is 10.3. The highest BCUT2D eigenvalue weighted by Crippen LogP contribution is 2.13. The van der Waals surface area contributed by atoms with E-state index in [0.29, 0.717) is 12.1 Å². The van der Waals surface area contributed by atoms with Crippen LogP contribution in [0.25, 0.3) is 0 Å². The van der Waals surface area contributed by atoms with Gasteiger partial charge in [-0.3, -0.25) is 0 Å². The van der Waals surface area contributed by atoms with Crippen molar-refractivity contribution in [1.82, 2.24) is 0 Å². The zero-order valence-corrected chi connectivity index (χ0v) is 12.5. The standard InChI is InChI=1S/C12H24O5Si/c1-13-18(14-2,15-3)9-7-5-4-6-8-16-10-12-11-17-12/h5,7,12H,4,6,8-11H2,1-3H3. The summed E-state index contributed by atoms with van der Waals surface area (Å²) in [7, 11) is 2.44. The maximum absolute atomic E-state index is 5.44. The first kappa shape index (κ1) is 15.8. The van der Waals surface area contributed by atoms with Crippen LogP contribution in [0.5, 0.6) is 0 Å². The third-order valence-corrected chi connectivity index (χ3v) is 5.43. The average molecular weight is 276 g/mol. The van der Waals surface area contributed by atoms with E-state index >= 15 is 0 Å². The van der Waals surface area contributed by atoms with Gasteiger partial charge in [0.05, 0.1) is 13.2 Å². The van der Waals surface area contributed by atoms with Crippen molar-refractivity contribution in [2.75, 3.05) is 41.2 Å². The highest BCUT2D eigenvalue weighted by molar-refractivity contribution is 6.61. The first-order valence-electron chi connectivity index (χ1n) is 6.26. The van der Waals surface area contributed by atoms with Crippen molar-refractivity contribution in [3.05, 3.63) is 12.2 Å². The zero-order chi connectivity index (χ0) is 13.3. The van der Waals surface area contributed by atoms with E-state index in [1.807, 2.05) is 0 Å². The van der Waals surface area contributed by atoms with Crippen LogP contribution in [-0.2, 0) is 22.8 Å². The largest absolute Gasteiger partial charge is 0.504 e. The van der Waals surface area contributed by atoms with Gasteiger partial charge in [0.1, 0.15) is 6.10 Å². The van der Waals surface area contributed by atoms with Crippen LogP contribution >= 0.6 is 0 Å². The zero-order valence-electron chi connectivity index (χ0n) is 11.5. The van der Waals surface area contributed by atoms with Crippen LogP contribution in [-0.4, -0.2) is 56.1 Å². The molecule has 1 saturated heterocycles.